The number of carbonyl (C=O) groups excluding carboxylic acids is 1. The highest BCUT2D eigenvalue weighted by molar-refractivity contribution is 7.45. The summed E-state index contributed by atoms with van der Waals surface area (Å²) >= 11 is 0. The highest BCUT2D eigenvalue weighted by atomic mass is 31.2. The van der Waals surface area contributed by atoms with Crippen molar-refractivity contribution in [3.63, 3.8) is 0 Å². The highest BCUT2D eigenvalue weighted by Gasteiger charge is 2.23. The zero-order valence-electron chi connectivity index (χ0n) is 29.4. The van der Waals surface area contributed by atoms with E-state index in [2.05, 4.69) is 19.2 Å². The number of nitrogens with zero attached hydrogens (tertiary/aromatic N) is 1. The Morgan fingerprint density at radius 2 is 1.23 bits per heavy atom. The van der Waals surface area contributed by atoms with Gasteiger partial charge in [-0.15, -0.1) is 0 Å². The molecule has 44 heavy (non-hydrogen) atoms. The lowest BCUT2D eigenvalue weighted by molar-refractivity contribution is -0.870. The van der Waals surface area contributed by atoms with Gasteiger partial charge in [0.1, 0.15) is 13.2 Å². The molecule has 0 aromatic rings. The minimum Gasteiger partial charge on any atom is -0.756 e. The van der Waals surface area contributed by atoms with Gasteiger partial charge in [-0.3, -0.25) is 9.36 Å². The molecule has 0 bridgehead atoms. The summed E-state index contributed by atoms with van der Waals surface area (Å²) in [5.74, 6) is -0.201. The van der Waals surface area contributed by atoms with E-state index in [4.69, 9.17) is 9.05 Å². The Morgan fingerprint density at radius 1 is 0.773 bits per heavy atom. The fourth-order valence-corrected chi connectivity index (χ4v) is 5.76. The third-order valence-electron chi connectivity index (χ3n) is 8.00. The van der Waals surface area contributed by atoms with E-state index in [1.54, 1.807) is 6.08 Å². The first-order valence-corrected chi connectivity index (χ1v) is 19.5. The summed E-state index contributed by atoms with van der Waals surface area (Å²) in [5.41, 5.74) is 0. The lowest BCUT2D eigenvalue weighted by Gasteiger charge is -2.29. The van der Waals surface area contributed by atoms with Crippen LogP contribution in [0.2, 0.25) is 0 Å². The molecule has 0 fully saturated rings. The second kappa shape index (κ2) is 28.5. The van der Waals surface area contributed by atoms with E-state index in [1.165, 1.54) is 96.3 Å². The number of phosphoric ester groups is 1. The Kier molecular flexibility index (Phi) is 28.0. The zero-order chi connectivity index (χ0) is 32.9. The summed E-state index contributed by atoms with van der Waals surface area (Å²) < 4.78 is 23.0. The average molecular weight is 647 g/mol. The van der Waals surface area contributed by atoms with Crippen LogP contribution in [0, 0.1) is 0 Å². The predicted octanol–water partition coefficient (Wildman–Crippen LogP) is 8.22. The molecule has 0 heterocycles. The molecule has 0 spiro atoms. The molecule has 0 saturated carbocycles. The normalized spacial score (nSPS) is 15.0. The molecule has 9 heteroatoms. The molecule has 0 aliphatic carbocycles. The number of aliphatic hydroxyl groups excluding tert-OH is 1. The van der Waals surface area contributed by atoms with Crippen molar-refractivity contribution >= 4 is 13.7 Å². The van der Waals surface area contributed by atoms with Crippen molar-refractivity contribution < 1.29 is 32.9 Å². The summed E-state index contributed by atoms with van der Waals surface area (Å²) in [5, 5.41) is 13.6. The third kappa shape index (κ3) is 29.9. The lowest BCUT2D eigenvalue weighted by atomic mass is 10.0. The number of phosphoric acid groups is 1. The second-order valence-electron chi connectivity index (χ2n) is 13.6. The lowest BCUT2D eigenvalue weighted by Crippen LogP contribution is -2.45. The van der Waals surface area contributed by atoms with Gasteiger partial charge in [0, 0.05) is 6.42 Å². The molecule has 0 saturated heterocycles. The van der Waals surface area contributed by atoms with E-state index in [9.17, 15) is 19.4 Å². The number of unbranched alkanes of at least 4 members (excludes halogenated alkanes) is 19. The van der Waals surface area contributed by atoms with Crippen LogP contribution in [0.5, 0.6) is 0 Å². The van der Waals surface area contributed by atoms with Crippen LogP contribution in [0.1, 0.15) is 155 Å². The van der Waals surface area contributed by atoms with E-state index in [0.717, 1.165) is 38.5 Å². The van der Waals surface area contributed by atoms with Gasteiger partial charge in [-0.05, 0) is 19.3 Å². The van der Waals surface area contributed by atoms with Crippen molar-refractivity contribution in [3.05, 3.63) is 12.2 Å². The Bertz CT molecular complexity index is 743. The quantitative estimate of drug-likeness (QED) is 0.0330. The number of hydrogen-bond acceptors (Lipinski definition) is 6. The van der Waals surface area contributed by atoms with Crippen LogP contribution in [0.3, 0.4) is 0 Å². The van der Waals surface area contributed by atoms with E-state index < -0.39 is 20.0 Å². The minimum atomic E-state index is -4.57. The van der Waals surface area contributed by atoms with Gasteiger partial charge in [0.2, 0.25) is 5.91 Å². The summed E-state index contributed by atoms with van der Waals surface area (Å²) in [6.07, 6.45) is 28.2. The first-order valence-electron chi connectivity index (χ1n) is 18.1. The molecule has 1 unspecified atom stereocenters. The smallest absolute Gasteiger partial charge is 0.268 e. The fraction of sp³-hybridized carbons (Fsp3) is 0.914. The predicted molar refractivity (Wildman–Crippen MR) is 182 cm³/mol. The second-order valence-corrected chi connectivity index (χ2v) is 15.0. The Balaban J connectivity index is 4.52. The first kappa shape index (κ1) is 43.2. The summed E-state index contributed by atoms with van der Waals surface area (Å²) in [4.78, 5) is 25.0. The van der Waals surface area contributed by atoms with Gasteiger partial charge in [0.25, 0.3) is 7.82 Å². The summed E-state index contributed by atoms with van der Waals surface area (Å²) in [6.45, 7) is 4.59. The molecule has 0 radical (unpaired) electrons. The number of nitrogens with one attached hydrogen (secondary N) is 1. The van der Waals surface area contributed by atoms with E-state index in [1.807, 2.05) is 27.2 Å². The van der Waals surface area contributed by atoms with Crippen LogP contribution in [0.25, 0.3) is 0 Å². The van der Waals surface area contributed by atoms with Gasteiger partial charge in [0.15, 0.2) is 0 Å². The maximum absolute atomic E-state index is 12.7. The Hall–Kier alpha value is -0.760. The molecule has 0 aromatic heterocycles. The van der Waals surface area contributed by atoms with Crippen molar-refractivity contribution in [1.29, 1.82) is 0 Å². The molecule has 2 N–H and O–H groups in total. The third-order valence-corrected chi connectivity index (χ3v) is 8.96. The molecule has 8 nitrogen and oxygen atoms in total. The van der Waals surface area contributed by atoms with Gasteiger partial charge in [-0.2, -0.15) is 0 Å². The molecule has 1 amide bonds. The fourth-order valence-electron chi connectivity index (χ4n) is 5.03. The minimum absolute atomic E-state index is 0.00124. The van der Waals surface area contributed by atoms with Gasteiger partial charge < -0.3 is 28.8 Å². The van der Waals surface area contributed by atoms with E-state index in [0.29, 0.717) is 17.4 Å². The number of allylic oxidation sites excluding steroid dienone is 1. The number of aliphatic hydroxyl groups is 1. The molecule has 0 rings (SSSR count). The number of hydrogen-bond donors (Lipinski definition) is 2. The van der Waals surface area contributed by atoms with Crippen molar-refractivity contribution in [2.75, 3.05) is 40.9 Å². The first-order chi connectivity index (χ1) is 21.0. The Morgan fingerprint density at radius 3 is 1.70 bits per heavy atom. The van der Waals surface area contributed by atoms with Gasteiger partial charge in [-0.25, -0.2) is 0 Å². The van der Waals surface area contributed by atoms with Crippen molar-refractivity contribution in [2.24, 2.45) is 0 Å². The van der Waals surface area contributed by atoms with Crippen LogP contribution in [0.4, 0.5) is 0 Å². The molecule has 0 aromatic carbocycles. The van der Waals surface area contributed by atoms with Crippen molar-refractivity contribution in [2.45, 2.75) is 167 Å². The molecule has 0 aliphatic heterocycles. The molecule has 0 aliphatic rings. The molecule has 262 valence electrons. The summed E-state index contributed by atoms with van der Waals surface area (Å²) in [6, 6.07) is -0.876. The van der Waals surface area contributed by atoms with E-state index >= 15 is 0 Å². The van der Waals surface area contributed by atoms with Crippen molar-refractivity contribution in [3.8, 4) is 0 Å². The zero-order valence-corrected chi connectivity index (χ0v) is 30.3. The summed E-state index contributed by atoms with van der Waals surface area (Å²) in [7, 11) is 1.26. The SMILES string of the molecule is CCCCCCCCC/C=C/[C@@H](O)[C@H](COP(=O)([O-])OCC[N+](C)(C)C)NC(=O)CCCCCCCCCCCCCCC. The monoisotopic (exact) mass is 647 g/mol. The Labute approximate surface area is 272 Å². The number of likely N-dealkylation sites (N-methyl/N-ethyl adjacent to an activating group) is 1. The van der Waals surface area contributed by atoms with Gasteiger partial charge in [0.05, 0.1) is 39.9 Å². The van der Waals surface area contributed by atoms with Crippen LogP contribution in [-0.2, 0) is 18.4 Å². The highest BCUT2D eigenvalue weighted by Crippen LogP contribution is 2.38. The average Bonchev–Trinajstić information content (AvgIpc) is 2.95. The van der Waals surface area contributed by atoms with Gasteiger partial charge >= 0.3 is 0 Å². The number of quaternary nitrogens is 1. The standard InChI is InChI=1S/C35H71N2O6P/c1-6-8-10-12-14-16-17-18-19-21-23-25-27-29-35(39)36-33(32-43-44(40,41)42-31-30-37(3,4)5)34(38)28-26-24-22-20-15-13-11-9-7-2/h26,28,33-34,38H,6-25,27,29-32H2,1-5H3,(H-,36,39,40,41)/b28-26+/t33-,34+/m0/s1. The number of amides is 1. The largest absolute Gasteiger partial charge is 0.756 e. The molecular weight excluding hydrogens is 575 g/mol. The maximum Gasteiger partial charge on any atom is 0.268 e. The van der Waals surface area contributed by atoms with Crippen LogP contribution < -0.4 is 10.2 Å². The maximum atomic E-state index is 12.7. The number of rotatable bonds is 32. The van der Waals surface area contributed by atoms with Crippen molar-refractivity contribution in [1.82, 2.24) is 5.32 Å². The van der Waals surface area contributed by atoms with Gasteiger partial charge in [-0.1, -0.05) is 142 Å². The molecular formula is C35H71N2O6P. The molecule has 3 atom stereocenters. The number of carbonyl (C=O) groups is 1. The van der Waals surface area contributed by atoms with Crippen LogP contribution >= 0.6 is 7.82 Å². The van der Waals surface area contributed by atoms with E-state index in [-0.39, 0.29) is 19.1 Å². The van der Waals surface area contributed by atoms with Crippen LogP contribution in [-0.4, -0.2) is 68.5 Å². The van der Waals surface area contributed by atoms with Crippen LogP contribution in [0.15, 0.2) is 12.2 Å². The topological polar surface area (TPSA) is 108 Å².